The molecule has 0 saturated heterocycles. The molecule has 0 spiro atoms. The van der Waals surface area contributed by atoms with Gasteiger partial charge in [0.2, 0.25) is 0 Å². The molecule has 2 aliphatic carbocycles. The van der Waals surface area contributed by atoms with Gasteiger partial charge in [0.25, 0.3) is 0 Å². The van der Waals surface area contributed by atoms with E-state index in [-0.39, 0.29) is 23.7 Å². The maximum atomic E-state index is 8.83. The van der Waals surface area contributed by atoms with Crippen LogP contribution in [0.1, 0.15) is 6.42 Å². The number of hydrogen-bond acceptors (Lipinski definition) is 3. The van der Waals surface area contributed by atoms with Crippen molar-refractivity contribution < 1.29 is 26.9 Å². The van der Waals surface area contributed by atoms with E-state index in [2.05, 4.69) is 6.07 Å². The molecular formula is C17H19FeNO2+2. The number of hydrogen-bond donors (Lipinski definition) is 1. The van der Waals surface area contributed by atoms with Crippen LogP contribution < -0.4 is 0 Å². The summed E-state index contributed by atoms with van der Waals surface area (Å²) in [5.41, 5.74) is 0.596. The smallest absolute Gasteiger partial charge is 0.396 e. The van der Waals surface area contributed by atoms with E-state index >= 15 is 0 Å². The van der Waals surface area contributed by atoms with E-state index < -0.39 is 0 Å². The molecule has 0 unspecified atom stereocenters. The van der Waals surface area contributed by atoms with E-state index in [4.69, 9.17) is 15.1 Å². The summed E-state index contributed by atoms with van der Waals surface area (Å²) in [5, 5.41) is 17.4. The molecule has 10 radical (unpaired) electrons. The van der Waals surface area contributed by atoms with Gasteiger partial charge in [-0.25, -0.2) is 0 Å². The summed E-state index contributed by atoms with van der Waals surface area (Å²) in [6, 6.07) is 2.09. The molecule has 1 N–H and O–H groups in total. The second-order valence-corrected chi connectivity index (χ2v) is 4.09. The molecule has 0 heterocycles. The zero-order valence-electron chi connectivity index (χ0n) is 11.8. The molecule has 0 atom stereocenters. The molecule has 4 heteroatoms. The molecule has 0 aromatic heterocycles. The number of nitrogens with zero attached hydrogens (tertiary/aromatic N) is 1. The summed E-state index contributed by atoms with van der Waals surface area (Å²) >= 11 is 0. The maximum absolute atomic E-state index is 8.83. The summed E-state index contributed by atoms with van der Waals surface area (Å²) in [4.78, 5) is 0. The second-order valence-electron chi connectivity index (χ2n) is 4.09. The zero-order chi connectivity index (χ0) is 14.5. The number of ether oxygens (including phenoxy) is 1. The molecule has 0 aromatic rings. The molecular weight excluding hydrogens is 306 g/mol. The molecule has 21 heavy (non-hydrogen) atoms. The molecule has 2 saturated carbocycles. The Morgan fingerprint density at radius 3 is 2.14 bits per heavy atom. The molecule has 110 valence electrons. The van der Waals surface area contributed by atoms with Crippen molar-refractivity contribution in [3.05, 3.63) is 75.4 Å². The van der Waals surface area contributed by atoms with Gasteiger partial charge in [-0.2, -0.15) is 5.26 Å². The number of aliphatic hydroxyl groups is 1. The van der Waals surface area contributed by atoms with Crippen LogP contribution in [-0.2, 0) is 21.8 Å². The summed E-state index contributed by atoms with van der Waals surface area (Å²) in [7, 11) is 0. The van der Waals surface area contributed by atoms with Crippen LogP contribution in [0, 0.1) is 75.0 Å². The van der Waals surface area contributed by atoms with Gasteiger partial charge in [0.1, 0.15) is 0 Å². The predicted octanol–water partition coefficient (Wildman–Crippen LogP) is 2.26. The van der Waals surface area contributed by atoms with E-state index in [0.29, 0.717) is 25.2 Å². The predicted molar refractivity (Wildman–Crippen MR) is 78.2 cm³/mol. The first kappa shape index (κ1) is 20.7. The molecule has 3 nitrogen and oxygen atoms in total. The van der Waals surface area contributed by atoms with Gasteiger partial charge in [0.15, 0.2) is 0 Å². The van der Waals surface area contributed by atoms with Crippen molar-refractivity contribution in [2.24, 2.45) is 0 Å². The van der Waals surface area contributed by atoms with Gasteiger partial charge in [-0.1, -0.05) is 6.08 Å². The quantitative estimate of drug-likeness (QED) is 0.463. The zero-order valence-corrected chi connectivity index (χ0v) is 12.9. The normalized spacial score (nSPS) is 18.6. The van der Waals surface area contributed by atoms with E-state index in [1.54, 1.807) is 6.08 Å². The van der Waals surface area contributed by atoms with Gasteiger partial charge in [0.05, 0.1) is 18.2 Å². The van der Waals surface area contributed by atoms with Crippen molar-refractivity contribution in [1.82, 2.24) is 0 Å². The van der Waals surface area contributed by atoms with Crippen molar-refractivity contribution in [2.45, 2.75) is 6.42 Å². The van der Waals surface area contributed by atoms with E-state index in [9.17, 15) is 0 Å². The number of rotatable bonds is 6. The van der Waals surface area contributed by atoms with Crippen LogP contribution in [0.15, 0.2) is 11.6 Å². The average Bonchev–Trinajstić information content (AvgIpc) is 3.17. The number of allylic oxidation sites excluding steroid dienone is 1. The van der Waals surface area contributed by atoms with E-state index in [1.807, 2.05) is 57.8 Å². The Labute approximate surface area is 140 Å². The van der Waals surface area contributed by atoms with Gasteiger partial charge in [-0.15, -0.1) is 0 Å². The Hall–Kier alpha value is -0.331. The number of aliphatic hydroxyl groups excluding tert-OH is 1. The van der Waals surface area contributed by atoms with Crippen LogP contribution in [-0.4, -0.2) is 24.9 Å². The van der Waals surface area contributed by atoms with Gasteiger partial charge in [-0.3, -0.25) is 0 Å². The Morgan fingerprint density at radius 1 is 1.10 bits per heavy atom. The average molecular weight is 325 g/mol. The minimum atomic E-state index is 0. The number of nitriles is 1. The Morgan fingerprint density at radius 2 is 1.67 bits per heavy atom. The second kappa shape index (κ2) is 14.6. The SMILES string of the molecule is N#C/C(=C\[C]1[CH][CH][CH][CH]1)COCCCO.[CH]1[CH][CH][CH][CH]1.[Fe+2]. The topological polar surface area (TPSA) is 53.2 Å². The third kappa shape index (κ3) is 11.0. The first-order valence-corrected chi connectivity index (χ1v) is 6.54. The van der Waals surface area contributed by atoms with Crippen LogP contribution in [0.5, 0.6) is 0 Å². The van der Waals surface area contributed by atoms with Crippen molar-refractivity contribution in [3.63, 3.8) is 0 Å². The van der Waals surface area contributed by atoms with Gasteiger partial charge < -0.3 is 9.84 Å². The third-order valence-electron chi connectivity index (χ3n) is 2.43. The van der Waals surface area contributed by atoms with E-state index in [1.165, 1.54) is 0 Å². The van der Waals surface area contributed by atoms with Crippen molar-refractivity contribution in [1.29, 1.82) is 5.26 Å². The first-order chi connectivity index (χ1) is 9.86. The van der Waals surface area contributed by atoms with Crippen molar-refractivity contribution in [3.8, 4) is 6.07 Å². The monoisotopic (exact) mass is 325 g/mol. The summed E-state index contributed by atoms with van der Waals surface area (Å²) < 4.78 is 5.23. The van der Waals surface area contributed by atoms with Crippen LogP contribution >= 0.6 is 0 Å². The van der Waals surface area contributed by atoms with Gasteiger partial charge >= 0.3 is 17.1 Å². The standard InChI is InChI=1S/C12H14NO2.C5H5.Fe/c13-9-12(10-15-7-3-6-14)8-11-4-1-2-5-11;1-2-4-5-3-1;/h1-2,4-5,8,14H,3,6-7,10H2;1-5H;/q;;+2/b12-8+;;. The largest absolute Gasteiger partial charge is 2.00 e. The summed E-state index contributed by atoms with van der Waals surface area (Å²) in [6.45, 7) is 0.909. The molecule has 0 aliphatic heterocycles. The van der Waals surface area contributed by atoms with Crippen LogP contribution in [0.4, 0.5) is 0 Å². The fraction of sp³-hybridized carbons (Fsp3) is 0.235. The molecule has 0 amide bonds. The van der Waals surface area contributed by atoms with Crippen LogP contribution in [0.25, 0.3) is 0 Å². The van der Waals surface area contributed by atoms with Crippen LogP contribution in [0.2, 0.25) is 0 Å². The first-order valence-electron chi connectivity index (χ1n) is 6.54. The molecule has 2 fully saturated rings. The fourth-order valence-electron chi connectivity index (χ4n) is 1.46. The maximum Gasteiger partial charge on any atom is 2.00 e. The van der Waals surface area contributed by atoms with Gasteiger partial charge in [-0.05, 0) is 64.2 Å². The molecule has 2 rings (SSSR count). The van der Waals surface area contributed by atoms with Gasteiger partial charge in [0, 0.05) is 19.1 Å². The minimum absolute atomic E-state index is 0. The Balaban J connectivity index is 0.000000562. The van der Waals surface area contributed by atoms with Crippen LogP contribution in [0.3, 0.4) is 0 Å². The van der Waals surface area contributed by atoms with E-state index in [0.717, 1.165) is 5.92 Å². The fourth-order valence-corrected chi connectivity index (χ4v) is 1.46. The summed E-state index contributed by atoms with van der Waals surface area (Å²) in [6.07, 6.45) is 20.1. The summed E-state index contributed by atoms with van der Waals surface area (Å²) in [5.74, 6) is 1.01. The molecule has 0 aromatic carbocycles. The van der Waals surface area contributed by atoms with Crippen molar-refractivity contribution in [2.75, 3.05) is 19.8 Å². The van der Waals surface area contributed by atoms with Crippen molar-refractivity contribution >= 4 is 0 Å². The molecule has 2 aliphatic rings. The Bertz CT molecular complexity index is 295. The third-order valence-corrected chi connectivity index (χ3v) is 2.43. The molecule has 0 bridgehead atoms. The minimum Gasteiger partial charge on any atom is -0.396 e. The Kier molecular flexibility index (Phi) is 14.4.